The van der Waals surface area contributed by atoms with E-state index in [0.717, 1.165) is 42.7 Å². The van der Waals surface area contributed by atoms with Gasteiger partial charge < -0.3 is 9.64 Å². The van der Waals surface area contributed by atoms with Gasteiger partial charge in [0.15, 0.2) is 0 Å². The average Bonchev–Trinajstić information content (AvgIpc) is 2.84. The summed E-state index contributed by atoms with van der Waals surface area (Å²) in [5.74, 6) is -0.440. The molecule has 0 spiro atoms. The number of ether oxygens (including phenoxy) is 1. The Hall–Kier alpha value is -3.00. The first kappa shape index (κ1) is 23.2. The van der Waals surface area contributed by atoms with Gasteiger partial charge in [-0.05, 0) is 55.2 Å². The van der Waals surface area contributed by atoms with Crippen LogP contribution >= 0.6 is 0 Å². The van der Waals surface area contributed by atoms with Crippen molar-refractivity contribution in [2.45, 2.75) is 38.9 Å². The fourth-order valence-electron chi connectivity index (χ4n) is 4.91. The van der Waals surface area contributed by atoms with Gasteiger partial charge in [0.1, 0.15) is 0 Å². The zero-order valence-electron chi connectivity index (χ0n) is 19.2. The number of hydrogen-bond donors (Lipinski definition) is 2. The van der Waals surface area contributed by atoms with Gasteiger partial charge in [-0.15, -0.1) is 0 Å². The molecule has 0 radical (unpaired) electrons. The molecule has 2 amide bonds. The summed E-state index contributed by atoms with van der Waals surface area (Å²) in [5, 5.41) is 8.77. The van der Waals surface area contributed by atoms with Crippen molar-refractivity contribution in [3.05, 3.63) is 76.9 Å². The molecule has 0 aliphatic carbocycles. The van der Waals surface area contributed by atoms with E-state index in [-0.39, 0.29) is 18.0 Å². The molecule has 2 heterocycles. The van der Waals surface area contributed by atoms with Crippen molar-refractivity contribution >= 4 is 17.4 Å². The molecular weight excluding hydrogens is 418 g/mol. The summed E-state index contributed by atoms with van der Waals surface area (Å²) in [6.45, 7) is 7.76. The summed E-state index contributed by atoms with van der Waals surface area (Å²) in [4.78, 5) is 29.6. The van der Waals surface area contributed by atoms with Crippen LogP contribution in [0.3, 0.4) is 0 Å². The fourth-order valence-corrected chi connectivity index (χ4v) is 4.91. The number of piperazine rings is 1. The van der Waals surface area contributed by atoms with Crippen LogP contribution in [-0.4, -0.2) is 65.2 Å². The van der Waals surface area contributed by atoms with E-state index in [1.807, 2.05) is 41.3 Å². The fraction of sp³-hybridized carbons (Fsp3) is 0.385. The summed E-state index contributed by atoms with van der Waals surface area (Å²) in [5.41, 5.74) is 6.10. The number of nitrogens with one attached hydrogen (secondary N) is 1. The van der Waals surface area contributed by atoms with E-state index in [2.05, 4.69) is 24.8 Å². The standard InChI is InChI=1S/C26H31N3O4/c1-18-15-28(17-20-7-9-22(10-8-20)25(30)27-32)16-19(2)29(18)26(31)24-6-4-3-5-23(24)21-11-13-33-14-12-21/h3-11,18-19,32H,12-17H2,1-2H3,(H,27,30)/t18-,19+. The Balaban J connectivity index is 1.46. The third-order valence-electron chi connectivity index (χ3n) is 6.42. The molecule has 2 aromatic carbocycles. The van der Waals surface area contributed by atoms with Crippen molar-refractivity contribution in [2.75, 3.05) is 26.3 Å². The molecule has 0 bridgehead atoms. The minimum atomic E-state index is -0.521. The molecule has 7 nitrogen and oxygen atoms in total. The molecule has 174 valence electrons. The summed E-state index contributed by atoms with van der Waals surface area (Å²) in [6.07, 6.45) is 2.90. The summed E-state index contributed by atoms with van der Waals surface area (Å²) < 4.78 is 5.45. The average molecular weight is 450 g/mol. The smallest absolute Gasteiger partial charge is 0.274 e. The van der Waals surface area contributed by atoms with Gasteiger partial charge in [-0.1, -0.05) is 36.4 Å². The van der Waals surface area contributed by atoms with Crippen LogP contribution in [0.15, 0.2) is 54.6 Å². The molecule has 2 aliphatic heterocycles. The molecule has 4 rings (SSSR count). The van der Waals surface area contributed by atoms with E-state index < -0.39 is 5.91 Å². The Morgan fingerprint density at radius 2 is 1.76 bits per heavy atom. The van der Waals surface area contributed by atoms with E-state index in [0.29, 0.717) is 18.8 Å². The number of amides is 2. The Bertz CT molecular complexity index is 1020. The normalized spacial score (nSPS) is 21.4. The van der Waals surface area contributed by atoms with Crippen molar-refractivity contribution < 1.29 is 19.5 Å². The highest BCUT2D eigenvalue weighted by Crippen LogP contribution is 2.28. The molecule has 0 saturated carbocycles. The van der Waals surface area contributed by atoms with Crippen molar-refractivity contribution in [3.63, 3.8) is 0 Å². The van der Waals surface area contributed by atoms with E-state index >= 15 is 0 Å². The second-order valence-corrected chi connectivity index (χ2v) is 8.84. The molecule has 1 saturated heterocycles. The number of nitrogens with zero attached hydrogens (tertiary/aromatic N) is 2. The lowest BCUT2D eigenvalue weighted by Crippen LogP contribution is -2.58. The zero-order valence-corrected chi connectivity index (χ0v) is 19.2. The van der Waals surface area contributed by atoms with Crippen LogP contribution in [0.5, 0.6) is 0 Å². The second-order valence-electron chi connectivity index (χ2n) is 8.84. The zero-order chi connectivity index (χ0) is 23.4. The molecule has 2 atom stereocenters. The quantitative estimate of drug-likeness (QED) is 0.541. The van der Waals surface area contributed by atoms with Crippen molar-refractivity contribution in [1.29, 1.82) is 0 Å². The lowest BCUT2D eigenvalue weighted by Gasteiger charge is -2.44. The predicted molar refractivity (Wildman–Crippen MR) is 126 cm³/mol. The van der Waals surface area contributed by atoms with Gasteiger partial charge in [-0.3, -0.25) is 19.7 Å². The SMILES string of the molecule is C[C@@H]1CN(Cc2ccc(C(=O)NO)cc2)C[C@H](C)N1C(=O)c1ccccc1C1=CCOCC1. The Morgan fingerprint density at radius 1 is 1.06 bits per heavy atom. The van der Waals surface area contributed by atoms with Gasteiger partial charge in [0, 0.05) is 42.8 Å². The third kappa shape index (κ3) is 5.16. The molecule has 2 aliphatic rings. The van der Waals surface area contributed by atoms with Crippen molar-refractivity contribution in [2.24, 2.45) is 0 Å². The number of hydrogen-bond acceptors (Lipinski definition) is 5. The van der Waals surface area contributed by atoms with Gasteiger partial charge in [0.05, 0.1) is 13.2 Å². The molecule has 1 fully saturated rings. The number of carbonyl (C=O) groups excluding carboxylic acids is 2. The van der Waals surface area contributed by atoms with Crippen LogP contribution in [0, 0.1) is 0 Å². The van der Waals surface area contributed by atoms with Gasteiger partial charge in [0.25, 0.3) is 11.8 Å². The number of rotatable bonds is 5. The van der Waals surface area contributed by atoms with Crippen LogP contribution in [0.25, 0.3) is 5.57 Å². The highest BCUT2D eigenvalue weighted by molar-refractivity contribution is 5.99. The Labute approximate surface area is 194 Å². The summed E-state index contributed by atoms with van der Waals surface area (Å²) >= 11 is 0. The Morgan fingerprint density at radius 3 is 2.39 bits per heavy atom. The van der Waals surface area contributed by atoms with Gasteiger partial charge in [-0.2, -0.15) is 0 Å². The van der Waals surface area contributed by atoms with Gasteiger partial charge >= 0.3 is 0 Å². The van der Waals surface area contributed by atoms with Gasteiger partial charge in [0.2, 0.25) is 0 Å². The third-order valence-corrected chi connectivity index (χ3v) is 6.42. The van der Waals surface area contributed by atoms with E-state index in [4.69, 9.17) is 9.94 Å². The van der Waals surface area contributed by atoms with Crippen LogP contribution < -0.4 is 5.48 Å². The minimum absolute atomic E-state index is 0.0671. The summed E-state index contributed by atoms with van der Waals surface area (Å²) in [7, 11) is 0. The van der Waals surface area contributed by atoms with Gasteiger partial charge in [-0.25, -0.2) is 5.48 Å². The molecule has 2 N–H and O–H groups in total. The van der Waals surface area contributed by atoms with Crippen LogP contribution in [0.1, 0.15) is 52.1 Å². The van der Waals surface area contributed by atoms with Crippen molar-refractivity contribution in [1.82, 2.24) is 15.3 Å². The molecule has 0 unspecified atom stereocenters. The topological polar surface area (TPSA) is 82.1 Å². The monoisotopic (exact) mass is 449 g/mol. The minimum Gasteiger partial charge on any atom is -0.377 e. The number of benzene rings is 2. The van der Waals surface area contributed by atoms with E-state index in [1.165, 1.54) is 5.57 Å². The molecule has 0 aromatic heterocycles. The largest absolute Gasteiger partial charge is 0.377 e. The first-order valence-electron chi connectivity index (χ1n) is 11.4. The second kappa shape index (κ2) is 10.3. The highest BCUT2D eigenvalue weighted by atomic mass is 16.5. The van der Waals surface area contributed by atoms with Crippen LogP contribution in [0.4, 0.5) is 0 Å². The predicted octanol–water partition coefficient (Wildman–Crippen LogP) is 3.34. The van der Waals surface area contributed by atoms with Crippen molar-refractivity contribution in [3.8, 4) is 0 Å². The molecule has 2 aromatic rings. The maximum Gasteiger partial charge on any atom is 0.274 e. The Kier molecular flexibility index (Phi) is 7.23. The lowest BCUT2D eigenvalue weighted by molar-refractivity contribution is 0.0268. The first-order chi connectivity index (χ1) is 16.0. The molecule has 33 heavy (non-hydrogen) atoms. The van der Waals surface area contributed by atoms with Crippen LogP contribution in [0.2, 0.25) is 0 Å². The molecular formula is C26H31N3O4. The number of carbonyl (C=O) groups is 2. The molecule has 7 heteroatoms. The lowest BCUT2D eigenvalue weighted by atomic mass is 9.94. The maximum atomic E-state index is 13.7. The summed E-state index contributed by atoms with van der Waals surface area (Å²) in [6, 6.07) is 15.2. The first-order valence-corrected chi connectivity index (χ1v) is 11.4. The van der Waals surface area contributed by atoms with Crippen LogP contribution in [-0.2, 0) is 11.3 Å². The van der Waals surface area contributed by atoms with E-state index in [1.54, 1.807) is 17.6 Å². The highest BCUT2D eigenvalue weighted by Gasteiger charge is 2.34. The van der Waals surface area contributed by atoms with E-state index in [9.17, 15) is 9.59 Å². The number of hydroxylamine groups is 1. The maximum absolute atomic E-state index is 13.7.